The molecule has 0 bridgehead atoms. The van der Waals surface area contributed by atoms with Crippen molar-refractivity contribution in [1.29, 1.82) is 0 Å². The van der Waals surface area contributed by atoms with Gasteiger partial charge in [0.15, 0.2) is 5.96 Å². The maximum absolute atomic E-state index is 6.08. The zero-order chi connectivity index (χ0) is 17.4. The van der Waals surface area contributed by atoms with Crippen molar-refractivity contribution in [3.8, 4) is 0 Å². The van der Waals surface area contributed by atoms with Crippen LogP contribution in [0.25, 0.3) is 0 Å². The normalized spacial score (nSPS) is 16.7. The van der Waals surface area contributed by atoms with Crippen molar-refractivity contribution in [3.63, 3.8) is 0 Å². The number of halogens is 1. The molecule has 5 nitrogen and oxygen atoms in total. The summed E-state index contributed by atoms with van der Waals surface area (Å²) >= 11 is 6.08. The first-order valence-corrected chi connectivity index (χ1v) is 9.19. The van der Waals surface area contributed by atoms with Gasteiger partial charge in [0.25, 0.3) is 0 Å². The average molecular weight is 352 g/mol. The van der Waals surface area contributed by atoms with Crippen LogP contribution in [0.15, 0.2) is 29.3 Å². The SMILES string of the molecule is CC(C)CN=C(N)NCCCN1CCN(c2cccc(Cl)c2)CC1. The van der Waals surface area contributed by atoms with Crippen LogP contribution in [0.3, 0.4) is 0 Å². The van der Waals surface area contributed by atoms with Crippen molar-refractivity contribution >= 4 is 23.2 Å². The van der Waals surface area contributed by atoms with Gasteiger partial charge in [-0.25, -0.2) is 0 Å². The molecule has 2 rings (SSSR count). The third-order valence-electron chi connectivity index (χ3n) is 4.13. The van der Waals surface area contributed by atoms with E-state index in [1.165, 1.54) is 5.69 Å². The van der Waals surface area contributed by atoms with Crippen LogP contribution in [0.4, 0.5) is 5.69 Å². The van der Waals surface area contributed by atoms with Crippen molar-refractivity contribution in [2.45, 2.75) is 20.3 Å². The molecule has 1 fully saturated rings. The van der Waals surface area contributed by atoms with E-state index in [1.54, 1.807) is 0 Å². The molecule has 1 aliphatic heterocycles. The van der Waals surface area contributed by atoms with Crippen LogP contribution < -0.4 is 16.0 Å². The predicted molar refractivity (Wildman–Crippen MR) is 104 cm³/mol. The largest absolute Gasteiger partial charge is 0.370 e. The second-order valence-electron chi connectivity index (χ2n) is 6.71. The fraction of sp³-hybridized carbons (Fsp3) is 0.611. The van der Waals surface area contributed by atoms with Crippen LogP contribution in [-0.4, -0.2) is 56.7 Å². The maximum Gasteiger partial charge on any atom is 0.188 e. The van der Waals surface area contributed by atoms with Crippen LogP contribution >= 0.6 is 11.6 Å². The van der Waals surface area contributed by atoms with Gasteiger partial charge in [0, 0.05) is 50.0 Å². The van der Waals surface area contributed by atoms with Gasteiger partial charge in [-0.15, -0.1) is 0 Å². The standard InChI is InChI=1S/C18H30ClN5/c1-15(2)14-22-18(20)21-7-4-8-23-9-11-24(12-10-23)17-6-3-5-16(19)13-17/h3,5-6,13,15H,4,7-12,14H2,1-2H3,(H3,20,21,22). The summed E-state index contributed by atoms with van der Waals surface area (Å²) in [6, 6.07) is 8.11. The van der Waals surface area contributed by atoms with Gasteiger partial charge in [0.05, 0.1) is 0 Å². The monoisotopic (exact) mass is 351 g/mol. The first-order valence-electron chi connectivity index (χ1n) is 8.81. The molecule has 0 aromatic heterocycles. The number of hydrogen-bond donors (Lipinski definition) is 2. The summed E-state index contributed by atoms with van der Waals surface area (Å²) in [7, 11) is 0. The summed E-state index contributed by atoms with van der Waals surface area (Å²) in [6.45, 7) is 11.3. The molecule has 0 radical (unpaired) electrons. The lowest BCUT2D eigenvalue weighted by molar-refractivity contribution is 0.255. The quantitative estimate of drug-likeness (QED) is 0.450. The molecule has 1 aliphatic rings. The number of nitrogens with zero attached hydrogens (tertiary/aromatic N) is 3. The number of piperazine rings is 1. The molecule has 0 spiro atoms. The number of benzene rings is 1. The lowest BCUT2D eigenvalue weighted by Crippen LogP contribution is -2.47. The van der Waals surface area contributed by atoms with Gasteiger partial charge in [-0.1, -0.05) is 31.5 Å². The van der Waals surface area contributed by atoms with Crippen LogP contribution in [0, 0.1) is 5.92 Å². The lowest BCUT2D eigenvalue weighted by Gasteiger charge is -2.36. The van der Waals surface area contributed by atoms with E-state index in [9.17, 15) is 0 Å². The summed E-state index contributed by atoms with van der Waals surface area (Å²) in [6.07, 6.45) is 1.08. The minimum absolute atomic E-state index is 0.543. The van der Waals surface area contributed by atoms with E-state index in [1.807, 2.05) is 18.2 Å². The van der Waals surface area contributed by atoms with Crippen molar-refractivity contribution < 1.29 is 0 Å². The van der Waals surface area contributed by atoms with Crippen molar-refractivity contribution in [2.75, 3.05) is 50.7 Å². The number of anilines is 1. The first-order chi connectivity index (χ1) is 11.5. The molecule has 1 saturated heterocycles. The minimum atomic E-state index is 0.543. The Hall–Kier alpha value is -1.46. The number of nitrogens with two attached hydrogens (primary N) is 1. The fourth-order valence-corrected chi connectivity index (χ4v) is 2.94. The van der Waals surface area contributed by atoms with Crippen LogP contribution in [0.1, 0.15) is 20.3 Å². The number of guanidine groups is 1. The molecule has 3 N–H and O–H groups in total. The molecular formula is C18H30ClN5. The van der Waals surface area contributed by atoms with Crippen LogP contribution in [-0.2, 0) is 0 Å². The Morgan fingerprint density at radius 3 is 2.71 bits per heavy atom. The van der Waals surface area contributed by atoms with E-state index in [0.29, 0.717) is 11.9 Å². The second-order valence-corrected chi connectivity index (χ2v) is 7.15. The molecule has 1 heterocycles. The summed E-state index contributed by atoms with van der Waals surface area (Å²) in [5, 5.41) is 4.00. The molecule has 0 saturated carbocycles. The Kier molecular flexibility index (Phi) is 7.66. The van der Waals surface area contributed by atoms with E-state index in [-0.39, 0.29) is 0 Å². The Morgan fingerprint density at radius 1 is 1.29 bits per heavy atom. The highest BCUT2D eigenvalue weighted by molar-refractivity contribution is 6.30. The zero-order valence-corrected chi connectivity index (χ0v) is 15.6. The van der Waals surface area contributed by atoms with E-state index in [2.05, 4.69) is 40.0 Å². The molecule has 1 aromatic carbocycles. The topological polar surface area (TPSA) is 56.9 Å². The third-order valence-corrected chi connectivity index (χ3v) is 4.36. The number of aliphatic imine (C=N–C) groups is 1. The van der Waals surface area contributed by atoms with Gasteiger partial charge in [-0.05, 0) is 37.1 Å². The summed E-state index contributed by atoms with van der Waals surface area (Å²) < 4.78 is 0. The number of rotatable bonds is 7. The smallest absolute Gasteiger partial charge is 0.188 e. The first kappa shape index (κ1) is 18.9. The predicted octanol–water partition coefficient (Wildman–Crippen LogP) is 2.41. The van der Waals surface area contributed by atoms with Gasteiger partial charge in [-0.3, -0.25) is 9.89 Å². The highest BCUT2D eigenvalue weighted by atomic mass is 35.5. The third kappa shape index (κ3) is 6.57. The highest BCUT2D eigenvalue weighted by Gasteiger charge is 2.16. The minimum Gasteiger partial charge on any atom is -0.370 e. The molecule has 24 heavy (non-hydrogen) atoms. The molecule has 0 aliphatic carbocycles. The Bertz CT molecular complexity index is 524. The summed E-state index contributed by atoms with van der Waals surface area (Å²) in [5.74, 6) is 1.11. The molecule has 6 heteroatoms. The van der Waals surface area contributed by atoms with Gasteiger partial charge in [0.1, 0.15) is 0 Å². The van der Waals surface area contributed by atoms with Crippen molar-refractivity contribution in [2.24, 2.45) is 16.6 Å². The van der Waals surface area contributed by atoms with E-state index >= 15 is 0 Å². The van der Waals surface area contributed by atoms with Crippen LogP contribution in [0.5, 0.6) is 0 Å². The van der Waals surface area contributed by atoms with Gasteiger partial charge in [0.2, 0.25) is 0 Å². The average Bonchev–Trinajstić information content (AvgIpc) is 2.57. The van der Waals surface area contributed by atoms with E-state index < -0.39 is 0 Å². The molecule has 0 amide bonds. The zero-order valence-electron chi connectivity index (χ0n) is 14.8. The van der Waals surface area contributed by atoms with E-state index in [0.717, 1.165) is 57.3 Å². The molecule has 0 unspecified atom stereocenters. The van der Waals surface area contributed by atoms with Crippen molar-refractivity contribution in [1.82, 2.24) is 10.2 Å². The van der Waals surface area contributed by atoms with Crippen molar-refractivity contribution in [3.05, 3.63) is 29.3 Å². The van der Waals surface area contributed by atoms with Gasteiger partial charge in [-0.2, -0.15) is 0 Å². The van der Waals surface area contributed by atoms with Crippen LogP contribution in [0.2, 0.25) is 5.02 Å². The Labute approximate surface area is 150 Å². The second kappa shape index (κ2) is 9.74. The molecular weight excluding hydrogens is 322 g/mol. The fourth-order valence-electron chi connectivity index (χ4n) is 2.76. The Morgan fingerprint density at radius 2 is 2.04 bits per heavy atom. The van der Waals surface area contributed by atoms with Gasteiger partial charge < -0.3 is 16.0 Å². The highest BCUT2D eigenvalue weighted by Crippen LogP contribution is 2.20. The summed E-state index contributed by atoms with van der Waals surface area (Å²) in [4.78, 5) is 9.21. The molecule has 0 atom stereocenters. The van der Waals surface area contributed by atoms with E-state index in [4.69, 9.17) is 17.3 Å². The number of nitrogens with one attached hydrogen (secondary N) is 1. The maximum atomic E-state index is 6.08. The molecule has 134 valence electrons. The lowest BCUT2D eigenvalue weighted by atomic mass is 10.2. The molecule has 1 aromatic rings. The summed E-state index contributed by atoms with van der Waals surface area (Å²) in [5.41, 5.74) is 7.06. The van der Waals surface area contributed by atoms with Gasteiger partial charge >= 0.3 is 0 Å². The number of hydrogen-bond acceptors (Lipinski definition) is 3. The Balaban J connectivity index is 1.62.